The first-order valence-corrected chi connectivity index (χ1v) is 11.4. The first-order valence-electron chi connectivity index (χ1n) is 11.4. The Morgan fingerprint density at radius 1 is 1.19 bits per heavy atom. The average Bonchev–Trinajstić information content (AvgIpc) is 3.66. The van der Waals surface area contributed by atoms with Crippen molar-refractivity contribution in [3.05, 3.63) is 69.8 Å². The van der Waals surface area contributed by atoms with Crippen LogP contribution in [0.15, 0.2) is 46.4 Å². The molecule has 0 heterocycles. The number of allylic oxidation sites excluding steroid dienone is 1. The summed E-state index contributed by atoms with van der Waals surface area (Å²) in [5.74, 6) is -1.92. The normalized spacial score (nSPS) is 15.3. The molecule has 9 heteroatoms. The maximum atomic E-state index is 13.9. The third kappa shape index (κ3) is 6.39. The molecule has 0 aromatic heterocycles. The number of rotatable bonds is 6. The molecule has 6 nitrogen and oxygen atoms in total. The largest absolute Gasteiger partial charge is 0.399 e. The number of benzene rings is 2. The fraction of sp³-hybridized carbons (Fsp3) is 0.333. The highest BCUT2D eigenvalue weighted by molar-refractivity contribution is 6.00. The average molecular weight is 496 g/mol. The molecule has 0 radical (unpaired) electrons. The van der Waals surface area contributed by atoms with Gasteiger partial charge in [-0.3, -0.25) is 9.69 Å². The number of aliphatic imine (C=N–C) groups is 2. The molecule has 0 aliphatic heterocycles. The van der Waals surface area contributed by atoms with Crippen molar-refractivity contribution in [2.24, 2.45) is 21.6 Å². The number of aryl methyl sites for hydroxylation is 2. The minimum absolute atomic E-state index is 0.0116. The van der Waals surface area contributed by atoms with Crippen LogP contribution in [0.1, 0.15) is 52.1 Å². The Hall–Kier alpha value is -3.93. The van der Waals surface area contributed by atoms with Gasteiger partial charge in [0.05, 0.1) is 17.2 Å². The van der Waals surface area contributed by atoms with Crippen LogP contribution in [0.4, 0.5) is 18.9 Å². The van der Waals surface area contributed by atoms with Gasteiger partial charge in [-0.25, -0.2) is 9.98 Å². The zero-order chi connectivity index (χ0) is 26.6. The lowest BCUT2D eigenvalue weighted by atomic mass is 9.91. The van der Waals surface area contributed by atoms with Gasteiger partial charge in [0.1, 0.15) is 12.4 Å². The third-order valence-electron chi connectivity index (χ3n) is 6.27. The lowest BCUT2D eigenvalue weighted by Gasteiger charge is -2.19. The lowest BCUT2D eigenvalue weighted by Crippen LogP contribution is -2.39. The number of carbonyl (C=O) groups is 1. The predicted molar refractivity (Wildman–Crippen MR) is 135 cm³/mol. The summed E-state index contributed by atoms with van der Waals surface area (Å²) in [7, 11) is 1.53. The van der Waals surface area contributed by atoms with E-state index >= 15 is 0 Å². The van der Waals surface area contributed by atoms with Gasteiger partial charge in [-0.2, -0.15) is 18.4 Å². The number of halogens is 3. The van der Waals surface area contributed by atoms with Gasteiger partial charge in [0.15, 0.2) is 0 Å². The van der Waals surface area contributed by atoms with Crippen LogP contribution >= 0.6 is 0 Å². The Bertz CT molecular complexity index is 1260. The van der Waals surface area contributed by atoms with Crippen molar-refractivity contribution >= 4 is 30.0 Å². The van der Waals surface area contributed by atoms with Crippen molar-refractivity contribution in [2.45, 2.75) is 45.7 Å². The Morgan fingerprint density at radius 3 is 2.39 bits per heavy atom. The number of alkyl halides is 3. The molecule has 2 aromatic carbocycles. The Labute approximate surface area is 208 Å². The summed E-state index contributed by atoms with van der Waals surface area (Å²) >= 11 is 0. The van der Waals surface area contributed by atoms with Gasteiger partial charge in [0.2, 0.25) is 11.9 Å². The topological polar surface area (TPSA) is 94.8 Å². The molecule has 2 N–H and O–H groups in total. The van der Waals surface area contributed by atoms with Crippen molar-refractivity contribution in [3.8, 4) is 6.07 Å². The second kappa shape index (κ2) is 10.8. The Balaban J connectivity index is 1.81. The summed E-state index contributed by atoms with van der Waals surface area (Å²) in [6, 6.07) is 9.66. The van der Waals surface area contributed by atoms with Gasteiger partial charge >= 0.3 is 6.18 Å². The van der Waals surface area contributed by atoms with E-state index in [9.17, 15) is 23.2 Å². The third-order valence-corrected chi connectivity index (χ3v) is 6.27. The highest BCUT2D eigenvalue weighted by atomic mass is 19.4. The smallest absolute Gasteiger partial charge is 0.369 e. The molecular formula is C27H28F3N5O. The number of carbonyl (C=O) groups excluding carboxylic acids is 1. The first-order chi connectivity index (χ1) is 16.9. The maximum Gasteiger partial charge on any atom is 0.399 e. The van der Waals surface area contributed by atoms with E-state index in [0.29, 0.717) is 5.56 Å². The van der Waals surface area contributed by atoms with Gasteiger partial charge in [-0.1, -0.05) is 30.4 Å². The highest BCUT2D eigenvalue weighted by Crippen LogP contribution is 2.38. The van der Waals surface area contributed by atoms with E-state index in [1.165, 1.54) is 30.2 Å². The van der Waals surface area contributed by atoms with Gasteiger partial charge in [0.25, 0.3) is 0 Å². The minimum atomic E-state index is -4.47. The minimum Gasteiger partial charge on any atom is -0.369 e. The standard InChI is InChI=1S/C27H28F3N5O/c1-16-11-21(12-17(2)18(16)3)23(27(28,29)30)9-5-19-6-10-24(22(13-19)14-31)33-15-34-26(32)35(4)25(36)20-7-8-20/h5-6,9-13,15,20,23H,7-8H2,1-4H3,(H2,32,33,34)/b9-5+. The predicted octanol–water partition coefficient (Wildman–Crippen LogP) is 5.69. The molecule has 1 amide bonds. The summed E-state index contributed by atoms with van der Waals surface area (Å²) in [5, 5.41) is 9.51. The fourth-order valence-corrected chi connectivity index (χ4v) is 3.68. The Morgan fingerprint density at radius 2 is 1.83 bits per heavy atom. The fourth-order valence-electron chi connectivity index (χ4n) is 3.68. The van der Waals surface area contributed by atoms with Gasteiger partial charge < -0.3 is 5.73 Å². The summed E-state index contributed by atoms with van der Waals surface area (Å²) < 4.78 is 41.6. The van der Waals surface area contributed by atoms with E-state index in [1.54, 1.807) is 32.0 Å². The lowest BCUT2D eigenvalue weighted by molar-refractivity contribution is -0.139. The summed E-state index contributed by atoms with van der Waals surface area (Å²) in [6.45, 7) is 5.47. The zero-order valence-electron chi connectivity index (χ0n) is 20.6. The number of nitrogens with two attached hydrogens (primary N) is 1. The van der Waals surface area contributed by atoms with Crippen LogP contribution in [0, 0.1) is 38.0 Å². The van der Waals surface area contributed by atoms with Gasteiger partial charge in [0, 0.05) is 13.0 Å². The van der Waals surface area contributed by atoms with Crippen molar-refractivity contribution in [2.75, 3.05) is 7.05 Å². The molecule has 1 fully saturated rings. The summed E-state index contributed by atoms with van der Waals surface area (Å²) in [6.07, 6.45) is 0.792. The Kier molecular flexibility index (Phi) is 7.98. The van der Waals surface area contributed by atoms with E-state index in [-0.39, 0.29) is 34.6 Å². The van der Waals surface area contributed by atoms with Crippen LogP contribution in [-0.4, -0.2) is 36.3 Å². The van der Waals surface area contributed by atoms with Crippen LogP contribution < -0.4 is 5.73 Å². The van der Waals surface area contributed by atoms with Crippen LogP contribution in [0.2, 0.25) is 0 Å². The van der Waals surface area contributed by atoms with E-state index in [0.717, 1.165) is 41.9 Å². The van der Waals surface area contributed by atoms with Crippen molar-refractivity contribution < 1.29 is 18.0 Å². The maximum absolute atomic E-state index is 13.9. The molecular weight excluding hydrogens is 467 g/mol. The molecule has 36 heavy (non-hydrogen) atoms. The second-order valence-corrected chi connectivity index (χ2v) is 8.95. The molecule has 1 saturated carbocycles. The van der Waals surface area contributed by atoms with Crippen LogP contribution in [0.5, 0.6) is 0 Å². The van der Waals surface area contributed by atoms with Crippen molar-refractivity contribution in [3.63, 3.8) is 0 Å². The molecule has 1 aliphatic rings. The van der Waals surface area contributed by atoms with Crippen LogP contribution in [-0.2, 0) is 4.79 Å². The molecule has 1 unspecified atom stereocenters. The monoisotopic (exact) mass is 495 g/mol. The first kappa shape index (κ1) is 26.7. The molecule has 2 aromatic rings. The number of nitrogens with zero attached hydrogens (tertiary/aromatic N) is 4. The van der Waals surface area contributed by atoms with Crippen molar-refractivity contribution in [1.29, 1.82) is 5.26 Å². The van der Waals surface area contributed by atoms with E-state index in [2.05, 4.69) is 9.98 Å². The molecule has 188 valence electrons. The molecule has 1 aliphatic carbocycles. The highest BCUT2D eigenvalue weighted by Gasteiger charge is 2.39. The second-order valence-electron chi connectivity index (χ2n) is 8.95. The number of hydrogen-bond acceptors (Lipinski definition) is 3. The van der Waals surface area contributed by atoms with Crippen molar-refractivity contribution in [1.82, 2.24) is 4.90 Å². The zero-order valence-corrected chi connectivity index (χ0v) is 20.6. The summed E-state index contributed by atoms with van der Waals surface area (Å²) in [4.78, 5) is 21.4. The molecule has 0 saturated heterocycles. The number of hydrogen-bond donors (Lipinski definition) is 1. The quantitative estimate of drug-likeness (QED) is 0.412. The number of guanidine groups is 1. The molecule has 0 spiro atoms. The molecule has 3 rings (SSSR count). The van der Waals surface area contributed by atoms with Gasteiger partial charge in [-0.15, -0.1) is 0 Å². The molecule has 0 bridgehead atoms. The molecule has 1 atom stereocenters. The number of amides is 1. The van der Waals surface area contributed by atoms with E-state index in [4.69, 9.17) is 5.73 Å². The van der Waals surface area contributed by atoms with Crippen LogP contribution in [0.3, 0.4) is 0 Å². The number of nitriles is 1. The van der Waals surface area contributed by atoms with Crippen LogP contribution in [0.25, 0.3) is 6.08 Å². The SMILES string of the molecule is Cc1cc(C(/C=C/c2ccc(N=CN=C(N)N(C)C(=O)C3CC3)c(C#N)c2)C(F)(F)F)cc(C)c1C. The van der Waals surface area contributed by atoms with Gasteiger partial charge in [-0.05, 0) is 73.6 Å². The summed E-state index contributed by atoms with van der Waals surface area (Å²) in [5.41, 5.74) is 9.42. The van der Waals surface area contributed by atoms with E-state index < -0.39 is 12.1 Å². The van der Waals surface area contributed by atoms with E-state index in [1.807, 2.05) is 13.0 Å².